The topological polar surface area (TPSA) is 3.24 Å². The van der Waals surface area contributed by atoms with Gasteiger partial charge in [-0.1, -0.05) is 172 Å². The van der Waals surface area contributed by atoms with Gasteiger partial charge in [0, 0.05) is 27.6 Å². The van der Waals surface area contributed by atoms with Crippen molar-refractivity contribution in [3.05, 3.63) is 172 Å². The normalized spacial score (nSPS) is 16.3. The van der Waals surface area contributed by atoms with Crippen LogP contribution < -0.4 is 4.90 Å². The van der Waals surface area contributed by atoms with Gasteiger partial charge in [0.1, 0.15) is 0 Å². The van der Waals surface area contributed by atoms with E-state index in [2.05, 4.69) is 201 Å². The van der Waals surface area contributed by atoms with Crippen molar-refractivity contribution >= 4 is 27.8 Å². The molecule has 0 saturated heterocycles. The van der Waals surface area contributed by atoms with E-state index >= 15 is 0 Å². The van der Waals surface area contributed by atoms with E-state index in [1.807, 2.05) is 0 Å². The molecule has 0 bridgehead atoms. The highest BCUT2D eigenvalue weighted by molar-refractivity contribution is 6.04. The Morgan fingerprint density at radius 1 is 0.407 bits per heavy atom. The summed E-state index contributed by atoms with van der Waals surface area (Å²) in [6.07, 6.45) is 0. The third-order valence-corrected chi connectivity index (χ3v) is 13.3. The first-order chi connectivity index (χ1) is 25.7. The lowest BCUT2D eigenvalue weighted by molar-refractivity contribution is 0.587. The molecule has 0 heterocycles. The quantitative estimate of drug-likeness (QED) is 0.177. The van der Waals surface area contributed by atoms with Crippen molar-refractivity contribution < 1.29 is 0 Å². The van der Waals surface area contributed by atoms with Gasteiger partial charge in [0.25, 0.3) is 0 Å². The Balaban J connectivity index is 1.40. The van der Waals surface area contributed by atoms with E-state index in [0.29, 0.717) is 0 Å². The smallest absolute Gasteiger partial charge is 0.0556 e. The molecule has 54 heavy (non-hydrogen) atoms. The maximum Gasteiger partial charge on any atom is 0.0556 e. The van der Waals surface area contributed by atoms with Gasteiger partial charge in [0.2, 0.25) is 0 Å². The Hall–Kier alpha value is -5.40. The standard InChI is InChI=1S/C53H49N/c1-50(2,3)46-44-38-21-13-16-24-41(38)52(6,7)47(44)49(48-45(46)39-22-14-17-25-42(39)53(48,8)9)54(34-27-26-32-18-10-11-19-33(32)30-34)35-28-29-37-36-20-12-15-23-40(36)51(4,5)43(37)31-35/h10-31H,1-9H3. The van der Waals surface area contributed by atoms with E-state index in [0.717, 1.165) is 0 Å². The first-order valence-corrected chi connectivity index (χ1v) is 19.7. The van der Waals surface area contributed by atoms with E-state index < -0.39 is 0 Å². The summed E-state index contributed by atoms with van der Waals surface area (Å²) in [5.41, 5.74) is 21.2. The van der Waals surface area contributed by atoms with E-state index in [-0.39, 0.29) is 21.7 Å². The molecule has 0 radical (unpaired) electrons. The van der Waals surface area contributed by atoms with E-state index in [4.69, 9.17) is 0 Å². The van der Waals surface area contributed by atoms with Crippen LogP contribution in [0.1, 0.15) is 101 Å². The van der Waals surface area contributed by atoms with Crippen molar-refractivity contribution in [1.29, 1.82) is 0 Å². The van der Waals surface area contributed by atoms with Crippen LogP contribution in [0.15, 0.2) is 133 Å². The lowest BCUT2D eigenvalue weighted by Crippen LogP contribution is -2.28. The van der Waals surface area contributed by atoms with Gasteiger partial charge >= 0.3 is 0 Å². The summed E-state index contributed by atoms with van der Waals surface area (Å²) < 4.78 is 0. The van der Waals surface area contributed by atoms with Crippen LogP contribution in [0.3, 0.4) is 0 Å². The molecule has 0 aromatic heterocycles. The highest BCUT2D eigenvalue weighted by Crippen LogP contribution is 2.66. The van der Waals surface area contributed by atoms with E-state index in [1.165, 1.54) is 100 Å². The molecule has 0 N–H and O–H groups in total. The Labute approximate surface area is 321 Å². The number of anilines is 3. The first kappa shape index (κ1) is 33.2. The van der Waals surface area contributed by atoms with Crippen LogP contribution in [0, 0.1) is 0 Å². The van der Waals surface area contributed by atoms with Gasteiger partial charge in [-0.3, -0.25) is 0 Å². The monoisotopic (exact) mass is 699 g/mol. The summed E-state index contributed by atoms with van der Waals surface area (Å²) >= 11 is 0. The van der Waals surface area contributed by atoms with Crippen LogP contribution in [-0.2, 0) is 21.7 Å². The number of hydrogen-bond donors (Lipinski definition) is 0. The van der Waals surface area contributed by atoms with Crippen molar-refractivity contribution in [2.45, 2.75) is 84.0 Å². The molecule has 0 saturated carbocycles. The average molecular weight is 700 g/mol. The van der Waals surface area contributed by atoms with Crippen LogP contribution in [-0.4, -0.2) is 0 Å². The van der Waals surface area contributed by atoms with Crippen LogP contribution in [0.2, 0.25) is 0 Å². The Bertz CT molecular complexity index is 2640. The fourth-order valence-corrected chi connectivity index (χ4v) is 10.8. The predicted octanol–water partition coefficient (Wildman–Crippen LogP) is 14.5. The number of benzene rings is 7. The van der Waals surface area contributed by atoms with Crippen LogP contribution in [0.4, 0.5) is 17.1 Å². The van der Waals surface area contributed by atoms with Gasteiger partial charge in [-0.15, -0.1) is 0 Å². The Kier molecular flexibility index (Phi) is 6.67. The van der Waals surface area contributed by atoms with Gasteiger partial charge in [-0.25, -0.2) is 0 Å². The first-order valence-electron chi connectivity index (χ1n) is 19.7. The summed E-state index contributed by atoms with van der Waals surface area (Å²) in [5, 5.41) is 2.50. The average Bonchev–Trinajstić information content (AvgIpc) is 3.64. The van der Waals surface area contributed by atoms with E-state index in [1.54, 1.807) is 0 Å². The molecule has 0 amide bonds. The lowest BCUT2D eigenvalue weighted by atomic mass is 9.70. The van der Waals surface area contributed by atoms with Crippen molar-refractivity contribution in [2.24, 2.45) is 0 Å². The molecule has 3 aliphatic carbocycles. The minimum absolute atomic E-state index is 0.106. The lowest BCUT2D eigenvalue weighted by Gasteiger charge is -2.39. The fraction of sp³-hybridized carbons (Fsp3) is 0.245. The Morgan fingerprint density at radius 2 is 0.852 bits per heavy atom. The predicted molar refractivity (Wildman–Crippen MR) is 230 cm³/mol. The molecule has 1 heteroatoms. The largest absolute Gasteiger partial charge is 0.310 e. The van der Waals surface area contributed by atoms with Crippen molar-refractivity contribution in [3.8, 4) is 33.4 Å². The van der Waals surface area contributed by atoms with E-state index in [9.17, 15) is 0 Å². The molecule has 0 aliphatic heterocycles. The SMILES string of the molecule is CC(C)(C)c1c2c(c(N(c3ccc4c(c3)C(C)(C)c3ccccc3-4)c3ccc4ccccc4c3)c3c1-c1ccccc1C3(C)C)C(C)(C)c1ccccc1-2. The molecule has 0 atom stereocenters. The summed E-state index contributed by atoms with van der Waals surface area (Å²) in [6.45, 7) is 21.9. The highest BCUT2D eigenvalue weighted by atomic mass is 15.2. The molecule has 7 aromatic rings. The van der Waals surface area contributed by atoms with Crippen LogP contribution >= 0.6 is 0 Å². The van der Waals surface area contributed by atoms with Crippen LogP contribution in [0.25, 0.3) is 44.2 Å². The molecule has 10 rings (SSSR count). The zero-order valence-electron chi connectivity index (χ0n) is 33.1. The van der Waals surface area contributed by atoms with Crippen LogP contribution in [0.5, 0.6) is 0 Å². The number of nitrogens with zero attached hydrogens (tertiary/aromatic N) is 1. The van der Waals surface area contributed by atoms with Crippen molar-refractivity contribution in [3.63, 3.8) is 0 Å². The minimum Gasteiger partial charge on any atom is -0.310 e. The zero-order chi connectivity index (χ0) is 37.5. The number of hydrogen-bond acceptors (Lipinski definition) is 1. The molecule has 0 unspecified atom stereocenters. The molecular weight excluding hydrogens is 651 g/mol. The number of fused-ring (bicyclic) bond motifs is 10. The summed E-state index contributed by atoms with van der Waals surface area (Å²) in [5.74, 6) is 0. The van der Waals surface area contributed by atoms with Crippen molar-refractivity contribution in [1.82, 2.24) is 0 Å². The second kappa shape index (κ2) is 10.9. The van der Waals surface area contributed by atoms with Gasteiger partial charge in [0.05, 0.1) is 5.69 Å². The fourth-order valence-electron chi connectivity index (χ4n) is 10.8. The van der Waals surface area contributed by atoms with Gasteiger partial charge in [-0.05, 0) is 113 Å². The maximum absolute atomic E-state index is 2.66. The Morgan fingerprint density at radius 3 is 1.43 bits per heavy atom. The summed E-state index contributed by atoms with van der Waals surface area (Å²) in [7, 11) is 0. The second-order valence-electron chi connectivity index (χ2n) is 18.6. The summed E-state index contributed by atoms with van der Waals surface area (Å²) in [6, 6.07) is 50.7. The molecular formula is C53H49N. The number of rotatable bonds is 3. The van der Waals surface area contributed by atoms with Gasteiger partial charge in [0.15, 0.2) is 0 Å². The third-order valence-electron chi connectivity index (χ3n) is 13.3. The summed E-state index contributed by atoms with van der Waals surface area (Å²) in [4.78, 5) is 2.66. The maximum atomic E-state index is 2.66. The molecule has 7 aromatic carbocycles. The second-order valence-corrected chi connectivity index (χ2v) is 18.6. The molecule has 266 valence electrons. The van der Waals surface area contributed by atoms with Gasteiger partial charge < -0.3 is 4.90 Å². The molecule has 3 aliphatic rings. The minimum atomic E-state index is -0.248. The highest BCUT2D eigenvalue weighted by Gasteiger charge is 2.50. The molecule has 1 nitrogen and oxygen atoms in total. The molecule has 0 spiro atoms. The molecule has 0 fully saturated rings. The van der Waals surface area contributed by atoms with Gasteiger partial charge in [-0.2, -0.15) is 0 Å². The third kappa shape index (κ3) is 4.27. The zero-order valence-corrected chi connectivity index (χ0v) is 33.1. The van der Waals surface area contributed by atoms with Crippen molar-refractivity contribution in [2.75, 3.05) is 4.90 Å².